The van der Waals surface area contributed by atoms with Gasteiger partial charge in [-0.25, -0.2) is 9.37 Å². The fraction of sp³-hybridized carbons (Fsp3) is 0.308. The van der Waals surface area contributed by atoms with Gasteiger partial charge in [0, 0.05) is 24.0 Å². The van der Waals surface area contributed by atoms with Gasteiger partial charge in [-0.3, -0.25) is 4.57 Å². The van der Waals surface area contributed by atoms with Gasteiger partial charge in [-0.05, 0) is 13.0 Å². The summed E-state index contributed by atoms with van der Waals surface area (Å²) in [5, 5.41) is 2.98. The number of hydrogen-bond acceptors (Lipinski definition) is 2. The number of benzene rings is 1. The van der Waals surface area contributed by atoms with E-state index in [4.69, 9.17) is 0 Å². The molecule has 0 fully saturated rings. The van der Waals surface area contributed by atoms with E-state index in [9.17, 15) is 13.2 Å². The Bertz CT molecular complexity index is 539. The van der Waals surface area contributed by atoms with Crippen molar-refractivity contribution in [3.8, 4) is 0 Å². The quantitative estimate of drug-likeness (QED) is 0.902. The highest BCUT2D eigenvalue weighted by Gasteiger charge is 2.14. The second-order valence-corrected chi connectivity index (χ2v) is 4.15. The largest absolute Gasteiger partial charge is 0.319 e. The van der Waals surface area contributed by atoms with E-state index in [1.54, 1.807) is 25.1 Å². The minimum absolute atomic E-state index is 0.146. The third-order valence-electron chi connectivity index (χ3n) is 2.90. The van der Waals surface area contributed by atoms with E-state index in [-0.39, 0.29) is 24.2 Å². The Labute approximate surface area is 109 Å². The summed E-state index contributed by atoms with van der Waals surface area (Å²) < 4.78 is 39.5. The lowest BCUT2D eigenvalue weighted by Gasteiger charge is -2.15. The average molecular weight is 269 g/mol. The topological polar surface area (TPSA) is 29.9 Å². The lowest BCUT2D eigenvalue weighted by molar-refractivity contribution is 0.0665. The summed E-state index contributed by atoms with van der Waals surface area (Å²) in [5.74, 6) is -0.0992. The van der Waals surface area contributed by atoms with Crippen LogP contribution in [0.15, 0.2) is 36.7 Å². The van der Waals surface area contributed by atoms with Crippen molar-refractivity contribution < 1.29 is 13.2 Å². The lowest BCUT2D eigenvalue weighted by atomic mass is 10.1. The van der Waals surface area contributed by atoms with Crippen LogP contribution in [0.2, 0.25) is 0 Å². The van der Waals surface area contributed by atoms with Crippen molar-refractivity contribution in [3.05, 3.63) is 53.9 Å². The number of nitrogens with zero attached hydrogens (tertiary/aromatic N) is 2. The highest BCUT2D eigenvalue weighted by atomic mass is 19.3. The molecule has 1 unspecified atom stereocenters. The van der Waals surface area contributed by atoms with E-state index in [1.807, 2.05) is 0 Å². The third-order valence-corrected chi connectivity index (χ3v) is 2.90. The fourth-order valence-electron chi connectivity index (χ4n) is 1.84. The van der Waals surface area contributed by atoms with Crippen LogP contribution in [0.25, 0.3) is 0 Å². The Kier molecular flexibility index (Phi) is 4.21. The van der Waals surface area contributed by atoms with Crippen LogP contribution in [-0.2, 0) is 6.54 Å². The lowest BCUT2D eigenvalue weighted by Crippen LogP contribution is -2.21. The molecule has 0 radical (unpaired) electrons. The molecule has 1 aromatic heterocycles. The smallest absolute Gasteiger partial charge is 0.303 e. The van der Waals surface area contributed by atoms with Crippen molar-refractivity contribution in [2.75, 3.05) is 0 Å². The second-order valence-electron chi connectivity index (χ2n) is 4.15. The van der Waals surface area contributed by atoms with Gasteiger partial charge in [0.1, 0.15) is 11.6 Å². The summed E-state index contributed by atoms with van der Waals surface area (Å²) in [6.45, 7) is -0.705. The van der Waals surface area contributed by atoms with E-state index in [0.29, 0.717) is 5.56 Å². The van der Waals surface area contributed by atoms with E-state index in [1.165, 1.54) is 18.5 Å². The average Bonchev–Trinajstić information content (AvgIpc) is 2.85. The predicted molar refractivity (Wildman–Crippen MR) is 65.1 cm³/mol. The van der Waals surface area contributed by atoms with E-state index >= 15 is 0 Å². The number of halogens is 3. The van der Waals surface area contributed by atoms with Crippen LogP contribution in [0.5, 0.6) is 0 Å². The summed E-state index contributed by atoms with van der Waals surface area (Å²) in [6.07, 6.45) is 2.53. The van der Waals surface area contributed by atoms with Crippen LogP contribution in [0.4, 0.5) is 13.2 Å². The van der Waals surface area contributed by atoms with Crippen LogP contribution >= 0.6 is 0 Å². The first kappa shape index (κ1) is 13.6. The first-order chi connectivity index (χ1) is 9.09. The number of aromatic nitrogens is 2. The SMILES string of the molecule is CC(NCc1nccn1C(F)F)c1ccccc1F. The van der Waals surface area contributed by atoms with Gasteiger partial charge in [-0.15, -0.1) is 0 Å². The molecule has 0 aliphatic carbocycles. The Balaban J connectivity index is 2.03. The van der Waals surface area contributed by atoms with E-state index in [0.717, 1.165) is 4.57 Å². The van der Waals surface area contributed by atoms with Gasteiger partial charge in [0.25, 0.3) is 0 Å². The Morgan fingerprint density at radius 1 is 1.32 bits per heavy atom. The molecule has 1 atom stereocenters. The zero-order chi connectivity index (χ0) is 13.8. The molecule has 1 N–H and O–H groups in total. The minimum Gasteiger partial charge on any atom is -0.303 e. The molecule has 19 heavy (non-hydrogen) atoms. The van der Waals surface area contributed by atoms with Crippen LogP contribution < -0.4 is 5.32 Å². The van der Waals surface area contributed by atoms with Gasteiger partial charge >= 0.3 is 6.55 Å². The predicted octanol–water partition coefficient (Wildman–Crippen LogP) is 3.27. The molecule has 0 bridgehead atoms. The molecule has 1 aromatic carbocycles. The third kappa shape index (κ3) is 3.14. The number of imidazole rings is 1. The molecule has 0 saturated carbocycles. The minimum atomic E-state index is -2.62. The normalized spacial score (nSPS) is 12.9. The summed E-state index contributed by atoms with van der Waals surface area (Å²) in [7, 11) is 0. The van der Waals surface area contributed by atoms with E-state index in [2.05, 4.69) is 10.3 Å². The molecule has 0 saturated heterocycles. The molecule has 2 rings (SSSR count). The number of rotatable bonds is 5. The standard InChI is InChI=1S/C13H14F3N3/c1-9(10-4-2-3-5-11(10)14)18-8-12-17-6-7-19(12)13(15)16/h2-7,9,13,18H,8H2,1H3. The fourth-order valence-corrected chi connectivity index (χ4v) is 1.84. The maximum absolute atomic E-state index is 13.5. The van der Waals surface area contributed by atoms with Crippen LogP contribution in [0.3, 0.4) is 0 Å². The molecule has 1 heterocycles. The summed E-state index contributed by atoms with van der Waals surface area (Å²) >= 11 is 0. The highest BCUT2D eigenvalue weighted by Crippen LogP contribution is 2.17. The monoisotopic (exact) mass is 269 g/mol. The van der Waals surface area contributed by atoms with Gasteiger partial charge in [0.05, 0.1) is 6.54 Å². The zero-order valence-electron chi connectivity index (χ0n) is 10.4. The van der Waals surface area contributed by atoms with Gasteiger partial charge in [0.15, 0.2) is 0 Å². The van der Waals surface area contributed by atoms with Crippen molar-refractivity contribution in [2.24, 2.45) is 0 Å². The molecule has 0 spiro atoms. The Morgan fingerprint density at radius 2 is 2.05 bits per heavy atom. The second kappa shape index (κ2) is 5.88. The molecule has 6 heteroatoms. The molecular formula is C13H14F3N3. The Hall–Kier alpha value is -1.82. The number of alkyl halides is 2. The Morgan fingerprint density at radius 3 is 2.74 bits per heavy atom. The van der Waals surface area contributed by atoms with Gasteiger partial charge in [-0.1, -0.05) is 18.2 Å². The van der Waals surface area contributed by atoms with Crippen molar-refractivity contribution in [1.29, 1.82) is 0 Å². The number of hydrogen-bond donors (Lipinski definition) is 1. The van der Waals surface area contributed by atoms with Crippen molar-refractivity contribution >= 4 is 0 Å². The van der Waals surface area contributed by atoms with Crippen molar-refractivity contribution in [3.63, 3.8) is 0 Å². The summed E-state index contributed by atoms with van der Waals surface area (Å²) in [4.78, 5) is 3.85. The maximum atomic E-state index is 13.5. The molecule has 2 aromatic rings. The van der Waals surface area contributed by atoms with E-state index < -0.39 is 6.55 Å². The van der Waals surface area contributed by atoms with Crippen LogP contribution in [0.1, 0.15) is 30.9 Å². The molecule has 0 aliphatic rings. The highest BCUT2D eigenvalue weighted by molar-refractivity contribution is 5.20. The first-order valence-electron chi connectivity index (χ1n) is 5.87. The molecule has 0 aliphatic heterocycles. The molecule has 102 valence electrons. The maximum Gasteiger partial charge on any atom is 0.319 e. The summed E-state index contributed by atoms with van der Waals surface area (Å²) in [6, 6.07) is 6.08. The summed E-state index contributed by atoms with van der Waals surface area (Å²) in [5.41, 5.74) is 0.498. The van der Waals surface area contributed by atoms with Gasteiger partial charge < -0.3 is 5.32 Å². The molecule has 3 nitrogen and oxygen atoms in total. The van der Waals surface area contributed by atoms with Gasteiger partial charge in [-0.2, -0.15) is 8.78 Å². The van der Waals surface area contributed by atoms with Gasteiger partial charge in [0.2, 0.25) is 0 Å². The number of nitrogens with one attached hydrogen (secondary N) is 1. The van der Waals surface area contributed by atoms with Crippen LogP contribution in [0, 0.1) is 5.82 Å². The molecule has 0 amide bonds. The first-order valence-corrected chi connectivity index (χ1v) is 5.87. The van der Waals surface area contributed by atoms with Crippen molar-refractivity contribution in [1.82, 2.24) is 14.9 Å². The van der Waals surface area contributed by atoms with Crippen LogP contribution in [-0.4, -0.2) is 9.55 Å². The van der Waals surface area contributed by atoms with Crippen molar-refractivity contribution in [2.45, 2.75) is 26.1 Å². The molecular weight excluding hydrogens is 255 g/mol. The zero-order valence-corrected chi connectivity index (χ0v) is 10.4.